The average Bonchev–Trinajstić information content (AvgIpc) is 2.69. The van der Waals surface area contributed by atoms with Gasteiger partial charge in [0.15, 0.2) is 0 Å². The van der Waals surface area contributed by atoms with Gasteiger partial charge in [0.2, 0.25) is 0 Å². The van der Waals surface area contributed by atoms with E-state index in [4.69, 9.17) is 17.3 Å². The van der Waals surface area contributed by atoms with E-state index in [1.165, 1.54) is 5.56 Å². The predicted octanol–water partition coefficient (Wildman–Crippen LogP) is 2.43. The Morgan fingerprint density at radius 1 is 1.57 bits per heavy atom. The number of pyridine rings is 1. The summed E-state index contributed by atoms with van der Waals surface area (Å²) in [6, 6.07) is 2.00. The highest BCUT2D eigenvalue weighted by molar-refractivity contribution is 6.31. The summed E-state index contributed by atoms with van der Waals surface area (Å²) < 4.78 is 0. The van der Waals surface area contributed by atoms with Gasteiger partial charge >= 0.3 is 0 Å². The standard InChI is InChI=1S/C11H15ClN2/c1-11(2)8(5-13)10(11)7-3-4-14-6-9(7)12/h3-4,6,8,10H,5,13H2,1-2H3. The molecule has 0 saturated heterocycles. The van der Waals surface area contributed by atoms with Gasteiger partial charge in [-0.1, -0.05) is 25.4 Å². The van der Waals surface area contributed by atoms with Gasteiger partial charge in [-0.3, -0.25) is 4.98 Å². The van der Waals surface area contributed by atoms with Gasteiger partial charge in [-0.25, -0.2) is 0 Å². The zero-order chi connectivity index (χ0) is 10.3. The Balaban J connectivity index is 2.31. The third-order valence-electron chi connectivity index (χ3n) is 3.44. The van der Waals surface area contributed by atoms with Crippen molar-refractivity contribution in [3.05, 3.63) is 29.0 Å². The second kappa shape index (κ2) is 3.21. The van der Waals surface area contributed by atoms with Crippen LogP contribution in [0.5, 0.6) is 0 Å². The monoisotopic (exact) mass is 210 g/mol. The van der Waals surface area contributed by atoms with Crippen molar-refractivity contribution in [2.75, 3.05) is 6.54 Å². The first-order valence-electron chi connectivity index (χ1n) is 4.88. The fourth-order valence-electron chi connectivity index (χ4n) is 2.44. The van der Waals surface area contributed by atoms with Crippen LogP contribution in [0.25, 0.3) is 0 Å². The third-order valence-corrected chi connectivity index (χ3v) is 3.76. The zero-order valence-corrected chi connectivity index (χ0v) is 9.25. The van der Waals surface area contributed by atoms with Gasteiger partial charge in [0.05, 0.1) is 5.02 Å². The smallest absolute Gasteiger partial charge is 0.0624 e. The van der Waals surface area contributed by atoms with Crippen LogP contribution in [0.2, 0.25) is 5.02 Å². The van der Waals surface area contributed by atoms with Crippen molar-refractivity contribution < 1.29 is 0 Å². The first-order chi connectivity index (χ1) is 6.59. The molecular weight excluding hydrogens is 196 g/mol. The summed E-state index contributed by atoms with van der Waals surface area (Å²) in [6.45, 7) is 5.22. The van der Waals surface area contributed by atoms with Crippen molar-refractivity contribution in [2.45, 2.75) is 19.8 Å². The number of nitrogens with zero attached hydrogens (tertiary/aromatic N) is 1. The van der Waals surface area contributed by atoms with E-state index in [1.807, 2.05) is 6.07 Å². The lowest BCUT2D eigenvalue weighted by molar-refractivity contribution is 0.558. The van der Waals surface area contributed by atoms with E-state index in [0.29, 0.717) is 17.3 Å². The Morgan fingerprint density at radius 2 is 2.29 bits per heavy atom. The molecule has 1 aromatic heterocycles. The molecule has 2 nitrogen and oxygen atoms in total. The summed E-state index contributed by atoms with van der Waals surface area (Å²) >= 11 is 6.11. The van der Waals surface area contributed by atoms with E-state index in [-0.39, 0.29) is 0 Å². The fraction of sp³-hybridized carbons (Fsp3) is 0.545. The largest absolute Gasteiger partial charge is 0.330 e. The maximum absolute atomic E-state index is 6.11. The molecule has 2 rings (SSSR count). The molecule has 0 spiro atoms. The van der Waals surface area contributed by atoms with Crippen molar-refractivity contribution in [3.8, 4) is 0 Å². The second-order valence-electron chi connectivity index (χ2n) is 4.54. The van der Waals surface area contributed by atoms with Crippen LogP contribution in [0.15, 0.2) is 18.5 Å². The Hall–Kier alpha value is -0.600. The molecule has 1 aromatic rings. The minimum atomic E-state index is 0.291. The van der Waals surface area contributed by atoms with Gasteiger partial charge in [0, 0.05) is 12.4 Å². The Kier molecular flexibility index (Phi) is 2.28. The summed E-state index contributed by atoms with van der Waals surface area (Å²) in [5, 5.41) is 0.765. The highest BCUT2D eigenvalue weighted by Gasteiger charge is 2.57. The molecule has 1 saturated carbocycles. The number of rotatable bonds is 2. The van der Waals surface area contributed by atoms with Crippen molar-refractivity contribution in [1.82, 2.24) is 4.98 Å². The summed E-state index contributed by atoms with van der Waals surface area (Å²) in [4.78, 5) is 3.99. The van der Waals surface area contributed by atoms with Crippen molar-refractivity contribution in [2.24, 2.45) is 17.1 Å². The molecule has 1 fully saturated rings. The number of halogens is 1. The summed E-state index contributed by atoms with van der Waals surface area (Å²) in [7, 11) is 0. The van der Waals surface area contributed by atoms with Crippen molar-refractivity contribution >= 4 is 11.6 Å². The lowest BCUT2D eigenvalue weighted by Crippen LogP contribution is -2.05. The van der Waals surface area contributed by atoms with Gasteiger partial charge in [-0.15, -0.1) is 0 Å². The molecule has 76 valence electrons. The maximum atomic E-state index is 6.11. The van der Waals surface area contributed by atoms with E-state index in [1.54, 1.807) is 12.4 Å². The van der Waals surface area contributed by atoms with Crippen LogP contribution in [0, 0.1) is 11.3 Å². The van der Waals surface area contributed by atoms with Gasteiger partial charge in [0.1, 0.15) is 0 Å². The van der Waals surface area contributed by atoms with Crippen LogP contribution in [-0.4, -0.2) is 11.5 Å². The molecule has 2 unspecified atom stereocenters. The van der Waals surface area contributed by atoms with Crippen LogP contribution in [0.3, 0.4) is 0 Å². The minimum Gasteiger partial charge on any atom is -0.330 e. The molecule has 3 heteroatoms. The molecule has 0 aliphatic heterocycles. The predicted molar refractivity (Wildman–Crippen MR) is 58.3 cm³/mol. The minimum absolute atomic E-state index is 0.291. The molecule has 0 radical (unpaired) electrons. The van der Waals surface area contributed by atoms with E-state index >= 15 is 0 Å². The fourth-order valence-corrected chi connectivity index (χ4v) is 2.68. The molecule has 1 aliphatic rings. The number of hydrogen-bond donors (Lipinski definition) is 1. The topological polar surface area (TPSA) is 38.9 Å². The molecule has 0 amide bonds. The van der Waals surface area contributed by atoms with Crippen LogP contribution < -0.4 is 5.73 Å². The molecule has 1 aliphatic carbocycles. The second-order valence-corrected chi connectivity index (χ2v) is 4.95. The Labute approximate surface area is 89.5 Å². The Morgan fingerprint density at radius 3 is 2.79 bits per heavy atom. The van der Waals surface area contributed by atoms with E-state index in [0.717, 1.165) is 11.6 Å². The average molecular weight is 211 g/mol. The first kappa shape index (κ1) is 9.94. The SMILES string of the molecule is CC1(C)C(CN)C1c1ccncc1Cl. The van der Waals surface area contributed by atoms with E-state index < -0.39 is 0 Å². The lowest BCUT2D eigenvalue weighted by Gasteiger charge is -2.04. The molecule has 0 aromatic carbocycles. The zero-order valence-electron chi connectivity index (χ0n) is 8.50. The maximum Gasteiger partial charge on any atom is 0.0624 e. The van der Waals surface area contributed by atoms with Gasteiger partial charge < -0.3 is 5.73 Å². The Bertz CT molecular complexity index is 349. The van der Waals surface area contributed by atoms with Gasteiger partial charge in [-0.05, 0) is 35.4 Å². The molecule has 1 heterocycles. The summed E-state index contributed by atoms with van der Waals surface area (Å²) in [5.74, 6) is 1.06. The first-order valence-corrected chi connectivity index (χ1v) is 5.26. The van der Waals surface area contributed by atoms with E-state index in [9.17, 15) is 0 Å². The van der Waals surface area contributed by atoms with Crippen LogP contribution in [0.1, 0.15) is 25.3 Å². The number of nitrogens with two attached hydrogens (primary N) is 1. The molecule has 2 atom stereocenters. The quantitative estimate of drug-likeness (QED) is 0.815. The lowest BCUT2D eigenvalue weighted by atomic mass is 10.0. The highest BCUT2D eigenvalue weighted by atomic mass is 35.5. The van der Waals surface area contributed by atoms with Crippen LogP contribution in [0.4, 0.5) is 0 Å². The number of hydrogen-bond acceptors (Lipinski definition) is 2. The van der Waals surface area contributed by atoms with Crippen LogP contribution >= 0.6 is 11.6 Å². The van der Waals surface area contributed by atoms with E-state index in [2.05, 4.69) is 18.8 Å². The normalized spacial score (nSPS) is 28.9. The summed E-state index contributed by atoms with van der Waals surface area (Å²) in [5.41, 5.74) is 7.22. The van der Waals surface area contributed by atoms with Gasteiger partial charge in [-0.2, -0.15) is 0 Å². The third kappa shape index (κ3) is 1.33. The molecule has 2 N–H and O–H groups in total. The number of aromatic nitrogens is 1. The molecule has 0 bridgehead atoms. The summed E-state index contributed by atoms with van der Waals surface area (Å²) in [6.07, 6.45) is 3.50. The molecule has 14 heavy (non-hydrogen) atoms. The molecular formula is C11H15ClN2. The van der Waals surface area contributed by atoms with Gasteiger partial charge in [0.25, 0.3) is 0 Å². The van der Waals surface area contributed by atoms with Crippen molar-refractivity contribution in [1.29, 1.82) is 0 Å². The highest BCUT2D eigenvalue weighted by Crippen LogP contribution is 2.64. The van der Waals surface area contributed by atoms with Crippen LogP contribution in [-0.2, 0) is 0 Å². The van der Waals surface area contributed by atoms with Crippen molar-refractivity contribution in [3.63, 3.8) is 0 Å².